The number of anilines is 2. The molecule has 0 unspecified atom stereocenters. The van der Waals surface area contributed by atoms with Gasteiger partial charge in [0.05, 0.1) is 5.92 Å². The lowest BCUT2D eigenvalue weighted by Crippen LogP contribution is -2.28. The fourth-order valence-electron chi connectivity index (χ4n) is 2.92. The molecule has 1 fully saturated rings. The standard InChI is InChI=1S/C19H16N4O3/c24-16-11-14(12-23(16)15-9-5-2-6-10-15)17(25)20-19-22-21-18(26-19)13-7-3-1-4-8-13/h1-10,14H,11-12H2,(H,20,22,25)/t14-/m1/s1. The number of rotatable bonds is 4. The molecule has 26 heavy (non-hydrogen) atoms. The van der Waals surface area contributed by atoms with E-state index in [0.717, 1.165) is 11.3 Å². The molecule has 1 aliphatic heterocycles. The molecule has 1 aliphatic rings. The van der Waals surface area contributed by atoms with Crippen LogP contribution in [0.3, 0.4) is 0 Å². The molecule has 1 atom stereocenters. The molecule has 1 aromatic heterocycles. The number of benzene rings is 2. The molecule has 2 heterocycles. The van der Waals surface area contributed by atoms with Crippen LogP contribution in [0.4, 0.5) is 11.7 Å². The maximum Gasteiger partial charge on any atom is 0.322 e. The van der Waals surface area contributed by atoms with Crippen molar-refractivity contribution in [3.8, 4) is 11.5 Å². The van der Waals surface area contributed by atoms with Gasteiger partial charge in [0.2, 0.25) is 17.7 Å². The van der Waals surface area contributed by atoms with Crippen LogP contribution in [0.1, 0.15) is 6.42 Å². The Kier molecular flexibility index (Phi) is 4.18. The Hall–Kier alpha value is -3.48. The van der Waals surface area contributed by atoms with Crippen LogP contribution in [0.5, 0.6) is 0 Å². The number of carbonyl (C=O) groups excluding carboxylic acids is 2. The highest BCUT2D eigenvalue weighted by Gasteiger charge is 2.35. The van der Waals surface area contributed by atoms with E-state index in [4.69, 9.17) is 4.42 Å². The molecule has 0 saturated carbocycles. The highest BCUT2D eigenvalue weighted by Crippen LogP contribution is 2.26. The summed E-state index contributed by atoms with van der Waals surface area (Å²) in [6.07, 6.45) is 0.153. The second-order valence-electron chi connectivity index (χ2n) is 6.01. The van der Waals surface area contributed by atoms with Crippen LogP contribution in [0.15, 0.2) is 65.1 Å². The van der Waals surface area contributed by atoms with Gasteiger partial charge < -0.3 is 9.32 Å². The van der Waals surface area contributed by atoms with Crippen LogP contribution >= 0.6 is 0 Å². The first kappa shape index (κ1) is 16.0. The average Bonchev–Trinajstić information content (AvgIpc) is 3.30. The van der Waals surface area contributed by atoms with Crippen molar-refractivity contribution in [2.45, 2.75) is 6.42 Å². The molecule has 7 heteroatoms. The Balaban J connectivity index is 1.43. The van der Waals surface area contributed by atoms with E-state index in [1.165, 1.54) is 0 Å². The highest BCUT2D eigenvalue weighted by atomic mass is 16.4. The van der Waals surface area contributed by atoms with Crippen LogP contribution in [0.2, 0.25) is 0 Å². The first-order chi connectivity index (χ1) is 12.7. The van der Waals surface area contributed by atoms with Crippen molar-refractivity contribution >= 4 is 23.5 Å². The second kappa shape index (κ2) is 6.79. The lowest BCUT2D eigenvalue weighted by atomic mass is 10.1. The van der Waals surface area contributed by atoms with Gasteiger partial charge in [0.15, 0.2) is 0 Å². The Morgan fingerprint density at radius 3 is 2.46 bits per heavy atom. The fourth-order valence-corrected chi connectivity index (χ4v) is 2.92. The molecule has 1 saturated heterocycles. The zero-order valence-corrected chi connectivity index (χ0v) is 13.8. The Morgan fingerprint density at radius 1 is 1.04 bits per heavy atom. The summed E-state index contributed by atoms with van der Waals surface area (Å²) in [7, 11) is 0. The lowest BCUT2D eigenvalue weighted by Gasteiger charge is -2.16. The molecule has 1 N–H and O–H groups in total. The molecule has 0 bridgehead atoms. The maximum absolute atomic E-state index is 12.5. The van der Waals surface area contributed by atoms with Crippen LogP contribution in [-0.2, 0) is 9.59 Å². The van der Waals surface area contributed by atoms with Gasteiger partial charge in [0, 0.05) is 24.2 Å². The summed E-state index contributed by atoms with van der Waals surface area (Å²) in [6.45, 7) is 0.328. The van der Waals surface area contributed by atoms with E-state index >= 15 is 0 Å². The second-order valence-corrected chi connectivity index (χ2v) is 6.01. The number of carbonyl (C=O) groups is 2. The number of hydrogen-bond donors (Lipinski definition) is 1. The topological polar surface area (TPSA) is 88.3 Å². The number of hydrogen-bond acceptors (Lipinski definition) is 5. The Bertz CT molecular complexity index is 924. The molecular formula is C19H16N4O3. The van der Waals surface area contributed by atoms with Gasteiger partial charge in [-0.2, -0.15) is 0 Å². The van der Waals surface area contributed by atoms with Gasteiger partial charge in [-0.3, -0.25) is 14.9 Å². The van der Waals surface area contributed by atoms with Crippen molar-refractivity contribution in [1.82, 2.24) is 10.2 Å². The largest absolute Gasteiger partial charge is 0.403 e. The minimum absolute atomic E-state index is 0.0273. The molecule has 2 amide bonds. The van der Waals surface area contributed by atoms with Crippen molar-refractivity contribution in [2.75, 3.05) is 16.8 Å². The monoisotopic (exact) mass is 348 g/mol. The van der Waals surface area contributed by atoms with E-state index < -0.39 is 5.92 Å². The average molecular weight is 348 g/mol. The van der Waals surface area contributed by atoms with E-state index in [2.05, 4.69) is 15.5 Å². The molecule has 0 spiro atoms. The van der Waals surface area contributed by atoms with Crippen molar-refractivity contribution in [2.24, 2.45) is 5.92 Å². The van der Waals surface area contributed by atoms with Crippen molar-refractivity contribution in [1.29, 1.82) is 0 Å². The lowest BCUT2D eigenvalue weighted by molar-refractivity contribution is -0.122. The number of nitrogens with one attached hydrogen (secondary N) is 1. The quantitative estimate of drug-likeness (QED) is 0.783. The maximum atomic E-state index is 12.5. The summed E-state index contributed by atoms with van der Waals surface area (Å²) >= 11 is 0. The molecule has 2 aromatic carbocycles. The number of amides is 2. The molecule has 7 nitrogen and oxygen atoms in total. The van der Waals surface area contributed by atoms with Crippen molar-refractivity contribution in [3.63, 3.8) is 0 Å². The zero-order chi connectivity index (χ0) is 17.9. The summed E-state index contributed by atoms with van der Waals surface area (Å²) in [6, 6.07) is 18.6. The van der Waals surface area contributed by atoms with Gasteiger partial charge in [-0.1, -0.05) is 41.5 Å². The van der Waals surface area contributed by atoms with Crippen LogP contribution < -0.4 is 10.2 Å². The summed E-state index contributed by atoms with van der Waals surface area (Å²) in [5.74, 6) is -0.518. The molecule has 0 radical (unpaired) electrons. The minimum atomic E-state index is -0.463. The van der Waals surface area contributed by atoms with Gasteiger partial charge in [-0.05, 0) is 24.3 Å². The molecule has 3 aromatic rings. The van der Waals surface area contributed by atoms with E-state index in [1.807, 2.05) is 60.7 Å². The fraction of sp³-hybridized carbons (Fsp3) is 0.158. The highest BCUT2D eigenvalue weighted by molar-refractivity contribution is 6.02. The predicted molar refractivity (Wildman–Crippen MR) is 95.3 cm³/mol. The summed E-state index contributed by atoms with van der Waals surface area (Å²) < 4.78 is 5.49. The van der Waals surface area contributed by atoms with Gasteiger partial charge in [-0.25, -0.2) is 0 Å². The summed E-state index contributed by atoms with van der Waals surface area (Å²) in [4.78, 5) is 26.3. The molecule has 4 rings (SSSR count). The Morgan fingerprint density at radius 2 is 1.73 bits per heavy atom. The van der Waals surface area contributed by atoms with Gasteiger partial charge in [0.1, 0.15) is 0 Å². The minimum Gasteiger partial charge on any atom is -0.403 e. The van der Waals surface area contributed by atoms with Crippen LogP contribution in [0.25, 0.3) is 11.5 Å². The molecule has 130 valence electrons. The third kappa shape index (κ3) is 3.19. The van der Waals surface area contributed by atoms with Gasteiger partial charge in [0.25, 0.3) is 0 Å². The number of nitrogens with zero attached hydrogens (tertiary/aromatic N) is 3. The molecule has 0 aliphatic carbocycles. The third-order valence-corrected chi connectivity index (χ3v) is 4.24. The summed E-state index contributed by atoms with van der Waals surface area (Å²) in [5, 5.41) is 10.4. The Labute approximate surface area is 149 Å². The normalized spacial score (nSPS) is 16.7. The predicted octanol–water partition coefficient (Wildman–Crippen LogP) is 2.73. The van der Waals surface area contributed by atoms with Crippen LogP contribution in [0, 0.1) is 5.92 Å². The first-order valence-corrected chi connectivity index (χ1v) is 8.26. The number of para-hydroxylation sites is 1. The number of aromatic nitrogens is 2. The molecular weight excluding hydrogens is 332 g/mol. The van der Waals surface area contributed by atoms with Gasteiger partial charge in [-0.15, -0.1) is 5.10 Å². The van der Waals surface area contributed by atoms with Gasteiger partial charge >= 0.3 is 6.01 Å². The zero-order valence-electron chi connectivity index (χ0n) is 13.8. The first-order valence-electron chi connectivity index (χ1n) is 8.26. The SMILES string of the molecule is O=C(Nc1nnc(-c2ccccc2)o1)[C@@H]1CC(=O)N(c2ccccc2)C1. The van der Waals surface area contributed by atoms with Crippen molar-refractivity contribution < 1.29 is 14.0 Å². The van der Waals surface area contributed by atoms with E-state index in [-0.39, 0.29) is 24.2 Å². The smallest absolute Gasteiger partial charge is 0.322 e. The van der Waals surface area contributed by atoms with E-state index in [1.54, 1.807) is 4.90 Å². The van der Waals surface area contributed by atoms with E-state index in [9.17, 15) is 9.59 Å². The third-order valence-electron chi connectivity index (χ3n) is 4.24. The summed E-state index contributed by atoms with van der Waals surface area (Å²) in [5.41, 5.74) is 1.56. The van der Waals surface area contributed by atoms with E-state index in [0.29, 0.717) is 12.4 Å². The van der Waals surface area contributed by atoms with Crippen molar-refractivity contribution in [3.05, 3.63) is 60.7 Å². The van der Waals surface area contributed by atoms with Crippen LogP contribution in [-0.4, -0.2) is 28.6 Å².